The Bertz CT molecular complexity index is 1450. The molecule has 2 aliphatic rings. The fourth-order valence-electron chi connectivity index (χ4n) is 4.61. The molecule has 6 heterocycles. The summed E-state index contributed by atoms with van der Waals surface area (Å²) in [6.45, 7) is 4.04. The van der Waals surface area contributed by atoms with Crippen molar-refractivity contribution in [1.29, 1.82) is 0 Å². The van der Waals surface area contributed by atoms with Gasteiger partial charge < -0.3 is 19.1 Å². The summed E-state index contributed by atoms with van der Waals surface area (Å²) in [6, 6.07) is 7.41. The SMILES string of the molecule is COc1cc2nnc(-c3cc(C)on3)n2nc1OCc1ccc2c(n1)CCN(C1CCN1C(=O)O)C2. The van der Waals surface area contributed by atoms with Gasteiger partial charge in [-0.3, -0.25) is 14.8 Å². The summed E-state index contributed by atoms with van der Waals surface area (Å²) in [6.07, 6.45) is 0.711. The maximum Gasteiger partial charge on any atom is 0.408 e. The number of pyridine rings is 1. The molecule has 13 nitrogen and oxygen atoms in total. The number of methoxy groups -OCH3 is 1. The van der Waals surface area contributed by atoms with Crippen LogP contribution in [-0.4, -0.2) is 77.3 Å². The van der Waals surface area contributed by atoms with Gasteiger partial charge >= 0.3 is 6.09 Å². The molecule has 0 spiro atoms. The van der Waals surface area contributed by atoms with Crippen molar-refractivity contribution in [2.24, 2.45) is 0 Å². The summed E-state index contributed by atoms with van der Waals surface area (Å²) in [7, 11) is 1.54. The highest BCUT2D eigenvalue weighted by Gasteiger charge is 2.37. The van der Waals surface area contributed by atoms with E-state index in [1.165, 1.54) is 16.5 Å². The quantitative estimate of drug-likeness (QED) is 0.422. The van der Waals surface area contributed by atoms with Crippen LogP contribution in [0.15, 0.2) is 28.8 Å². The number of ether oxygens (including phenoxy) is 2. The Morgan fingerprint density at radius 3 is 2.86 bits per heavy atom. The first kappa shape index (κ1) is 22.2. The minimum absolute atomic E-state index is 0.0455. The molecular weight excluding hydrogens is 468 g/mol. The van der Waals surface area contributed by atoms with E-state index in [9.17, 15) is 9.90 Å². The number of aromatic nitrogens is 6. The van der Waals surface area contributed by atoms with Gasteiger partial charge in [0.15, 0.2) is 17.1 Å². The van der Waals surface area contributed by atoms with Crippen LogP contribution >= 0.6 is 0 Å². The third-order valence-corrected chi connectivity index (χ3v) is 6.55. The lowest BCUT2D eigenvalue weighted by Gasteiger charge is -2.47. The molecule has 1 unspecified atom stereocenters. The molecule has 1 saturated heterocycles. The first-order chi connectivity index (χ1) is 17.5. The molecule has 186 valence electrons. The minimum Gasteiger partial charge on any atom is -0.491 e. The van der Waals surface area contributed by atoms with Crippen LogP contribution in [-0.2, 0) is 19.6 Å². The lowest BCUT2D eigenvalue weighted by Crippen LogP contribution is -2.60. The number of hydrogen-bond acceptors (Lipinski definition) is 10. The zero-order valence-electron chi connectivity index (χ0n) is 19.8. The van der Waals surface area contributed by atoms with Gasteiger partial charge in [-0.1, -0.05) is 11.2 Å². The van der Waals surface area contributed by atoms with Crippen molar-refractivity contribution in [2.75, 3.05) is 20.2 Å². The van der Waals surface area contributed by atoms with Gasteiger partial charge in [0, 0.05) is 43.9 Å². The van der Waals surface area contributed by atoms with Gasteiger partial charge in [-0.25, -0.2) is 4.79 Å². The number of carboxylic acid groups (broad SMARTS) is 1. The van der Waals surface area contributed by atoms with Gasteiger partial charge in [-0.2, -0.15) is 4.52 Å². The number of nitrogens with zero attached hydrogens (tertiary/aromatic N) is 8. The topological polar surface area (TPSA) is 144 Å². The predicted octanol–water partition coefficient (Wildman–Crippen LogP) is 2.14. The van der Waals surface area contributed by atoms with Crippen LogP contribution in [0, 0.1) is 6.92 Å². The summed E-state index contributed by atoms with van der Waals surface area (Å²) in [4.78, 5) is 19.8. The van der Waals surface area contributed by atoms with Crippen molar-refractivity contribution < 1.29 is 23.9 Å². The first-order valence-corrected chi connectivity index (χ1v) is 11.6. The Morgan fingerprint density at radius 1 is 1.25 bits per heavy atom. The molecule has 1 fully saturated rings. The molecule has 6 rings (SSSR count). The average Bonchev–Trinajstić information content (AvgIpc) is 3.46. The highest BCUT2D eigenvalue weighted by molar-refractivity contribution is 5.66. The van der Waals surface area contributed by atoms with Crippen LogP contribution < -0.4 is 9.47 Å². The molecule has 1 amide bonds. The summed E-state index contributed by atoms with van der Waals surface area (Å²) >= 11 is 0. The van der Waals surface area contributed by atoms with E-state index in [2.05, 4.69) is 25.4 Å². The molecule has 4 aromatic heterocycles. The van der Waals surface area contributed by atoms with Crippen molar-refractivity contribution in [3.8, 4) is 23.1 Å². The molecule has 0 aromatic carbocycles. The molecule has 13 heteroatoms. The summed E-state index contributed by atoms with van der Waals surface area (Å²) < 4.78 is 18.1. The van der Waals surface area contributed by atoms with Crippen molar-refractivity contribution in [3.05, 3.63) is 47.0 Å². The van der Waals surface area contributed by atoms with E-state index >= 15 is 0 Å². The van der Waals surface area contributed by atoms with Crippen molar-refractivity contribution in [3.63, 3.8) is 0 Å². The largest absolute Gasteiger partial charge is 0.491 e. The zero-order valence-corrected chi connectivity index (χ0v) is 19.8. The molecule has 0 bridgehead atoms. The lowest BCUT2D eigenvalue weighted by molar-refractivity contribution is -0.0274. The number of hydrogen-bond donors (Lipinski definition) is 1. The second-order valence-corrected chi connectivity index (χ2v) is 8.80. The second kappa shape index (κ2) is 8.75. The monoisotopic (exact) mass is 492 g/mol. The van der Waals surface area contributed by atoms with E-state index in [1.807, 2.05) is 12.1 Å². The minimum atomic E-state index is -0.861. The third kappa shape index (κ3) is 3.86. The maximum absolute atomic E-state index is 11.4. The normalized spacial score (nSPS) is 17.6. The molecule has 0 saturated carbocycles. The second-order valence-electron chi connectivity index (χ2n) is 8.80. The number of aryl methyl sites for hydroxylation is 1. The van der Waals surface area contributed by atoms with Gasteiger partial charge in [0.1, 0.15) is 12.4 Å². The smallest absolute Gasteiger partial charge is 0.408 e. The number of likely N-dealkylation sites (tertiary alicyclic amines) is 1. The highest BCUT2D eigenvalue weighted by Crippen LogP contribution is 2.29. The first-order valence-electron chi connectivity index (χ1n) is 11.6. The molecule has 4 aromatic rings. The molecule has 0 radical (unpaired) electrons. The Morgan fingerprint density at radius 2 is 2.14 bits per heavy atom. The molecule has 0 aliphatic carbocycles. The maximum atomic E-state index is 11.4. The van der Waals surface area contributed by atoms with E-state index in [0.29, 0.717) is 41.8 Å². The van der Waals surface area contributed by atoms with Crippen LogP contribution in [0.3, 0.4) is 0 Å². The van der Waals surface area contributed by atoms with Crippen LogP contribution in [0.2, 0.25) is 0 Å². The summed E-state index contributed by atoms with van der Waals surface area (Å²) in [5, 5.41) is 26.2. The van der Waals surface area contributed by atoms with Gasteiger partial charge in [-0.15, -0.1) is 15.3 Å². The van der Waals surface area contributed by atoms with E-state index < -0.39 is 6.09 Å². The standard InChI is InChI=1S/C23H24N8O5/c1-13-9-17(28-36-13)21-26-25-19-10-18(34-2)22(27-31(19)21)35-12-15-4-3-14-11-29(7-5-16(14)24-15)20-6-8-30(20)23(32)33/h3-4,9-10,20H,5-8,11-12H2,1-2H3,(H,32,33). The zero-order chi connectivity index (χ0) is 24.8. The van der Waals surface area contributed by atoms with E-state index in [4.69, 9.17) is 19.0 Å². The van der Waals surface area contributed by atoms with Crippen molar-refractivity contribution >= 4 is 11.7 Å². The number of amides is 1. The fraction of sp³-hybridized carbons (Fsp3) is 0.391. The van der Waals surface area contributed by atoms with Crippen molar-refractivity contribution in [1.82, 2.24) is 39.8 Å². The Labute approximate surface area is 205 Å². The van der Waals surface area contributed by atoms with Crippen LogP contribution in [0.25, 0.3) is 17.2 Å². The number of rotatable bonds is 6. The number of carbonyl (C=O) groups is 1. The summed E-state index contributed by atoms with van der Waals surface area (Å²) in [5.41, 5.74) is 3.88. The molecular formula is C23H24N8O5. The molecule has 2 aliphatic heterocycles. The fourth-order valence-corrected chi connectivity index (χ4v) is 4.61. The Kier molecular flexibility index (Phi) is 5.40. The van der Waals surface area contributed by atoms with E-state index in [0.717, 1.165) is 36.3 Å². The van der Waals surface area contributed by atoms with Gasteiger partial charge in [0.05, 0.1) is 19.0 Å². The highest BCUT2D eigenvalue weighted by atomic mass is 16.5. The lowest BCUT2D eigenvalue weighted by atomic mass is 10.0. The number of fused-ring (bicyclic) bond motifs is 2. The summed E-state index contributed by atoms with van der Waals surface area (Å²) in [5.74, 6) is 1.78. The van der Waals surface area contributed by atoms with Gasteiger partial charge in [0.2, 0.25) is 5.82 Å². The molecule has 1 atom stereocenters. The van der Waals surface area contributed by atoms with Crippen LogP contribution in [0.5, 0.6) is 11.6 Å². The predicted molar refractivity (Wildman–Crippen MR) is 123 cm³/mol. The van der Waals surface area contributed by atoms with Crippen LogP contribution in [0.1, 0.15) is 29.1 Å². The Balaban J connectivity index is 1.19. The van der Waals surface area contributed by atoms with Crippen molar-refractivity contribution in [2.45, 2.75) is 39.1 Å². The third-order valence-electron chi connectivity index (χ3n) is 6.55. The average molecular weight is 492 g/mol. The van der Waals surface area contributed by atoms with Gasteiger partial charge in [0.25, 0.3) is 5.88 Å². The van der Waals surface area contributed by atoms with Crippen LogP contribution in [0.4, 0.5) is 4.79 Å². The van der Waals surface area contributed by atoms with E-state index in [1.54, 1.807) is 19.1 Å². The van der Waals surface area contributed by atoms with Gasteiger partial charge in [-0.05, 0) is 25.0 Å². The molecule has 36 heavy (non-hydrogen) atoms. The Hall–Kier alpha value is -4.26. The molecule has 1 N–H and O–H groups in total. The van der Waals surface area contributed by atoms with E-state index in [-0.39, 0.29) is 18.7 Å².